The first-order valence-electron chi connectivity index (χ1n) is 6.88. The molecule has 0 aliphatic heterocycles. The number of ether oxygens (including phenoxy) is 1. The maximum absolute atomic E-state index is 11.8. The van der Waals surface area contributed by atoms with Gasteiger partial charge in [0.1, 0.15) is 0 Å². The van der Waals surface area contributed by atoms with Crippen LogP contribution in [0.2, 0.25) is 0 Å². The van der Waals surface area contributed by atoms with Crippen LogP contribution in [0.25, 0.3) is 6.08 Å². The zero-order chi connectivity index (χ0) is 14.9. The molecule has 0 radical (unpaired) electrons. The SMILES string of the molecule is COC(=O)/C(=C/c1ccccc1)CNCc1ccccc1. The summed E-state index contributed by atoms with van der Waals surface area (Å²) in [6.07, 6.45) is 1.85. The average Bonchev–Trinajstić information content (AvgIpc) is 2.55. The van der Waals surface area contributed by atoms with Crippen LogP contribution in [0.5, 0.6) is 0 Å². The zero-order valence-corrected chi connectivity index (χ0v) is 12.1. The summed E-state index contributed by atoms with van der Waals surface area (Å²) >= 11 is 0. The summed E-state index contributed by atoms with van der Waals surface area (Å²) in [5, 5.41) is 3.27. The number of carbonyl (C=O) groups is 1. The van der Waals surface area contributed by atoms with Crippen molar-refractivity contribution >= 4 is 12.0 Å². The Morgan fingerprint density at radius 2 is 1.67 bits per heavy atom. The van der Waals surface area contributed by atoms with Crippen molar-refractivity contribution in [1.82, 2.24) is 5.32 Å². The third-order valence-electron chi connectivity index (χ3n) is 3.08. The fourth-order valence-corrected chi connectivity index (χ4v) is 2.00. The highest BCUT2D eigenvalue weighted by molar-refractivity contribution is 5.94. The molecule has 0 fully saturated rings. The molecular weight excluding hydrogens is 262 g/mol. The molecule has 2 aromatic rings. The van der Waals surface area contributed by atoms with Crippen molar-refractivity contribution < 1.29 is 9.53 Å². The average molecular weight is 281 g/mol. The van der Waals surface area contributed by atoms with E-state index in [9.17, 15) is 4.79 Å². The molecule has 108 valence electrons. The van der Waals surface area contributed by atoms with Gasteiger partial charge in [0.05, 0.1) is 12.7 Å². The van der Waals surface area contributed by atoms with Crippen LogP contribution in [0, 0.1) is 0 Å². The maximum Gasteiger partial charge on any atom is 0.335 e. The van der Waals surface area contributed by atoms with Crippen LogP contribution in [-0.2, 0) is 16.1 Å². The Morgan fingerprint density at radius 3 is 2.29 bits per heavy atom. The Kier molecular flexibility index (Phi) is 5.73. The van der Waals surface area contributed by atoms with E-state index >= 15 is 0 Å². The smallest absolute Gasteiger partial charge is 0.335 e. The van der Waals surface area contributed by atoms with Crippen molar-refractivity contribution in [2.75, 3.05) is 13.7 Å². The number of nitrogens with one attached hydrogen (secondary N) is 1. The lowest BCUT2D eigenvalue weighted by Crippen LogP contribution is -2.21. The van der Waals surface area contributed by atoms with Crippen molar-refractivity contribution in [1.29, 1.82) is 0 Å². The first-order valence-corrected chi connectivity index (χ1v) is 6.88. The van der Waals surface area contributed by atoms with Crippen LogP contribution in [-0.4, -0.2) is 19.6 Å². The van der Waals surface area contributed by atoms with Gasteiger partial charge in [-0.1, -0.05) is 60.7 Å². The first kappa shape index (κ1) is 15.0. The van der Waals surface area contributed by atoms with Crippen LogP contribution >= 0.6 is 0 Å². The number of methoxy groups -OCH3 is 1. The fraction of sp³-hybridized carbons (Fsp3) is 0.167. The summed E-state index contributed by atoms with van der Waals surface area (Å²) in [5.41, 5.74) is 2.78. The van der Waals surface area contributed by atoms with Crippen molar-refractivity contribution in [2.45, 2.75) is 6.54 Å². The fourth-order valence-electron chi connectivity index (χ4n) is 2.00. The van der Waals surface area contributed by atoms with Gasteiger partial charge in [0, 0.05) is 13.1 Å². The third kappa shape index (κ3) is 4.89. The predicted molar refractivity (Wildman–Crippen MR) is 84.6 cm³/mol. The highest BCUT2D eigenvalue weighted by Gasteiger charge is 2.09. The lowest BCUT2D eigenvalue weighted by atomic mass is 10.1. The molecular formula is C18H19NO2. The number of benzene rings is 2. The lowest BCUT2D eigenvalue weighted by molar-refractivity contribution is -0.136. The molecule has 0 aliphatic rings. The molecule has 0 aliphatic carbocycles. The van der Waals surface area contributed by atoms with Gasteiger partial charge in [-0.25, -0.2) is 4.79 Å². The second-order valence-corrected chi connectivity index (χ2v) is 4.66. The van der Waals surface area contributed by atoms with E-state index in [0.717, 1.165) is 5.56 Å². The molecule has 0 heterocycles. The van der Waals surface area contributed by atoms with Crippen LogP contribution in [0.1, 0.15) is 11.1 Å². The molecule has 0 spiro atoms. The van der Waals surface area contributed by atoms with E-state index in [4.69, 9.17) is 4.74 Å². The highest BCUT2D eigenvalue weighted by Crippen LogP contribution is 2.08. The molecule has 21 heavy (non-hydrogen) atoms. The van der Waals surface area contributed by atoms with E-state index in [1.165, 1.54) is 12.7 Å². The molecule has 0 saturated heterocycles. The van der Waals surface area contributed by atoms with Gasteiger partial charge in [0.2, 0.25) is 0 Å². The number of esters is 1. The van der Waals surface area contributed by atoms with Gasteiger partial charge in [0.25, 0.3) is 0 Å². The van der Waals surface area contributed by atoms with E-state index in [-0.39, 0.29) is 5.97 Å². The van der Waals surface area contributed by atoms with E-state index in [1.54, 1.807) is 0 Å². The number of rotatable bonds is 6. The molecule has 1 N–H and O–H groups in total. The monoisotopic (exact) mass is 281 g/mol. The predicted octanol–water partition coefficient (Wildman–Crippen LogP) is 3.03. The minimum absolute atomic E-state index is 0.306. The highest BCUT2D eigenvalue weighted by atomic mass is 16.5. The zero-order valence-electron chi connectivity index (χ0n) is 12.1. The summed E-state index contributed by atoms with van der Waals surface area (Å²) in [4.78, 5) is 11.8. The largest absolute Gasteiger partial charge is 0.466 e. The van der Waals surface area contributed by atoms with Crippen LogP contribution in [0.4, 0.5) is 0 Å². The molecule has 0 saturated carbocycles. The lowest BCUT2D eigenvalue weighted by Gasteiger charge is -2.08. The van der Waals surface area contributed by atoms with Crippen molar-refractivity contribution in [2.24, 2.45) is 0 Å². The van der Waals surface area contributed by atoms with Gasteiger partial charge in [-0.05, 0) is 17.2 Å². The molecule has 0 unspecified atom stereocenters. The van der Waals surface area contributed by atoms with Crippen LogP contribution < -0.4 is 5.32 Å². The molecule has 0 amide bonds. The number of hydrogen-bond donors (Lipinski definition) is 1. The Bertz CT molecular complexity index is 591. The molecule has 0 bridgehead atoms. The van der Waals surface area contributed by atoms with Crippen molar-refractivity contribution in [3.05, 3.63) is 77.4 Å². The van der Waals surface area contributed by atoms with E-state index in [2.05, 4.69) is 5.32 Å². The molecule has 2 rings (SSSR count). The Labute approximate surface area is 125 Å². The van der Waals surface area contributed by atoms with Gasteiger partial charge in [-0.15, -0.1) is 0 Å². The summed E-state index contributed by atoms with van der Waals surface area (Å²) in [6.45, 7) is 1.18. The minimum Gasteiger partial charge on any atom is -0.466 e. The maximum atomic E-state index is 11.8. The van der Waals surface area contributed by atoms with Crippen LogP contribution in [0.3, 0.4) is 0 Å². The number of carbonyl (C=O) groups excluding carboxylic acids is 1. The summed E-state index contributed by atoms with van der Waals surface area (Å²) in [6, 6.07) is 19.8. The Morgan fingerprint density at radius 1 is 1.05 bits per heavy atom. The topological polar surface area (TPSA) is 38.3 Å². The Balaban J connectivity index is 2.00. The van der Waals surface area contributed by atoms with E-state index in [0.29, 0.717) is 18.7 Å². The summed E-state index contributed by atoms with van der Waals surface area (Å²) in [5.74, 6) is -0.306. The van der Waals surface area contributed by atoms with Gasteiger partial charge in [0.15, 0.2) is 0 Å². The quantitative estimate of drug-likeness (QED) is 0.653. The van der Waals surface area contributed by atoms with Gasteiger partial charge in [-0.2, -0.15) is 0 Å². The van der Waals surface area contributed by atoms with Gasteiger partial charge >= 0.3 is 5.97 Å². The minimum atomic E-state index is -0.306. The van der Waals surface area contributed by atoms with E-state index < -0.39 is 0 Å². The van der Waals surface area contributed by atoms with Gasteiger partial charge in [-0.3, -0.25) is 0 Å². The molecule has 0 atom stereocenters. The summed E-state index contributed by atoms with van der Waals surface area (Å²) < 4.78 is 4.84. The molecule has 3 heteroatoms. The van der Waals surface area contributed by atoms with Gasteiger partial charge < -0.3 is 10.1 Å². The Hall–Kier alpha value is -2.39. The van der Waals surface area contributed by atoms with Crippen molar-refractivity contribution in [3.8, 4) is 0 Å². The second-order valence-electron chi connectivity index (χ2n) is 4.66. The van der Waals surface area contributed by atoms with Crippen molar-refractivity contribution in [3.63, 3.8) is 0 Å². The normalized spacial score (nSPS) is 11.2. The second kappa shape index (κ2) is 8.02. The molecule has 2 aromatic carbocycles. The molecule has 0 aromatic heterocycles. The summed E-state index contributed by atoms with van der Waals surface area (Å²) in [7, 11) is 1.40. The third-order valence-corrected chi connectivity index (χ3v) is 3.08. The van der Waals surface area contributed by atoms with E-state index in [1.807, 2.05) is 66.7 Å². The standard InChI is InChI=1S/C18H19NO2/c1-21-18(20)17(12-15-8-4-2-5-9-15)14-19-13-16-10-6-3-7-11-16/h2-12,19H,13-14H2,1H3/b17-12+. The number of hydrogen-bond acceptors (Lipinski definition) is 3. The van der Waals surface area contributed by atoms with Crippen LogP contribution in [0.15, 0.2) is 66.2 Å². The molecule has 3 nitrogen and oxygen atoms in total. The first-order chi connectivity index (χ1) is 10.3.